The third kappa shape index (κ3) is 4.34. The smallest absolute Gasteiger partial charge is 0.245 e. The lowest BCUT2D eigenvalue weighted by Gasteiger charge is -2.08. The van der Waals surface area contributed by atoms with Gasteiger partial charge in [0.05, 0.1) is 10.6 Å². The van der Waals surface area contributed by atoms with Crippen molar-refractivity contribution in [3.63, 3.8) is 0 Å². The molecule has 1 amide bonds. The van der Waals surface area contributed by atoms with E-state index in [-0.39, 0.29) is 22.9 Å². The topological polar surface area (TPSA) is 81.1 Å². The average Bonchev–Trinajstić information content (AvgIpc) is 3.11. The second kappa shape index (κ2) is 8.31. The maximum Gasteiger partial charge on any atom is 0.245 e. The number of benzene rings is 2. The summed E-state index contributed by atoms with van der Waals surface area (Å²) >= 11 is 0. The van der Waals surface area contributed by atoms with Crippen molar-refractivity contribution in [2.75, 3.05) is 5.32 Å². The summed E-state index contributed by atoms with van der Waals surface area (Å²) in [5.74, 6) is -0.913. The lowest BCUT2D eigenvalue weighted by molar-refractivity contribution is -0.116. The van der Waals surface area contributed by atoms with Crippen molar-refractivity contribution >= 4 is 32.5 Å². The van der Waals surface area contributed by atoms with E-state index >= 15 is 0 Å². The van der Waals surface area contributed by atoms with Gasteiger partial charge in [0.15, 0.2) is 9.84 Å². The minimum atomic E-state index is -3.85. The maximum absolute atomic E-state index is 14.0. The highest BCUT2D eigenvalue weighted by atomic mass is 32.2. The van der Waals surface area contributed by atoms with Crippen molar-refractivity contribution in [1.82, 2.24) is 9.55 Å². The first kappa shape index (κ1) is 20.7. The molecule has 0 radical (unpaired) electrons. The number of carbonyl (C=O) groups is 1. The summed E-state index contributed by atoms with van der Waals surface area (Å²) in [6.45, 7) is 1.74. The van der Waals surface area contributed by atoms with Crippen LogP contribution in [0.1, 0.15) is 11.1 Å². The van der Waals surface area contributed by atoms with Crippen LogP contribution in [0.3, 0.4) is 0 Å². The number of para-hydroxylation sites is 1. The monoisotopic (exact) mass is 437 g/mol. The Morgan fingerprint density at radius 2 is 1.81 bits per heavy atom. The zero-order valence-corrected chi connectivity index (χ0v) is 17.6. The van der Waals surface area contributed by atoms with E-state index in [1.807, 2.05) is 13.0 Å². The van der Waals surface area contributed by atoms with E-state index in [0.717, 1.165) is 5.56 Å². The summed E-state index contributed by atoms with van der Waals surface area (Å²) in [7, 11) is -3.85. The minimum absolute atomic E-state index is 0.0631. The molecule has 2 aromatic heterocycles. The molecule has 2 aromatic carbocycles. The maximum atomic E-state index is 14.0. The lowest BCUT2D eigenvalue weighted by atomic mass is 10.2. The van der Waals surface area contributed by atoms with Gasteiger partial charge < -0.3 is 9.88 Å². The van der Waals surface area contributed by atoms with Gasteiger partial charge in [-0.05, 0) is 30.7 Å². The first-order valence-corrected chi connectivity index (χ1v) is 11.3. The first-order valence-electron chi connectivity index (χ1n) is 9.60. The molecule has 0 atom stereocenters. The standard InChI is InChI=1S/C23H20FN3O3S/c1-16-7-6-12-25-23(16)26-22(28)14-27-13-21(18-9-3-5-11-20(18)27)31(29,30)15-17-8-2-4-10-19(17)24/h2-13H,14-15H2,1H3,(H,25,26,28). The summed E-state index contributed by atoms with van der Waals surface area (Å²) in [6.07, 6.45) is 3.02. The fourth-order valence-corrected chi connectivity index (χ4v) is 5.03. The number of fused-ring (bicyclic) bond motifs is 1. The number of aromatic nitrogens is 2. The SMILES string of the molecule is Cc1cccnc1NC(=O)Cn1cc(S(=O)(=O)Cc2ccccc2F)c2ccccc21. The van der Waals surface area contributed by atoms with Crippen LogP contribution in [-0.2, 0) is 26.9 Å². The van der Waals surface area contributed by atoms with Crippen LogP contribution in [0.15, 0.2) is 78.0 Å². The molecule has 4 aromatic rings. The molecular formula is C23H20FN3O3S. The fourth-order valence-electron chi connectivity index (χ4n) is 3.43. The van der Waals surface area contributed by atoms with E-state index < -0.39 is 21.4 Å². The fraction of sp³-hybridized carbons (Fsp3) is 0.130. The van der Waals surface area contributed by atoms with Gasteiger partial charge in [0.1, 0.15) is 18.2 Å². The highest BCUT2D eigenvalue weighted by Gasteiger charge is 2.23. The second-order valence-electron chi connectivity index (χ2n) is 7.21. The summed E-state index contributed by atoms with van der Waals surface area (Å²) in [6, 6.07) is 16.3. The molecule has 0 bridgehead atoms. The number of amides is 1. The molecule has 4 rings (SSSR count). The Kier molecular flexibility index (Phi) is 5.56. The van der Waals surface area contributed by atoms with Gasteiger partial charge in [-0.25, -0.2) is 17.8 Å². The zero-order chi connectivity index (χ0) is 22.0. The Morgan fingerprint density at radius 3 is 2.58 bits per heavy atom. The summed E-state index contributed by atoms with van der Waals surface area (Å²) in [4.78, 5) is 16.8. The number of nitrogens with zero attached hydrogens (tertiary/aromatic N) is 2. The molecular weight excluding hydrogens is 417 g/mol. The molecule has 158 valence electrons. The van der Waals surface area contributed by atoms with Crippen molar-refractivity contribution < 1.29 is 17.6 Å². The number of carbonyl (C=O) groups excluding carboxylic acids is 1. The molecule has 6 nitrogen and oxygen atoms in total. The Morgan fingerprint density at radius 1 is 1.06 bits per heavy atom. The van der Waals surface area contributed by atoms with Gasteiger partial charge in [-0.2, -0.15) is 0 Å². The van der Waals surface area contributed by atoms with Gasteiger partial charge >= 0.3 is 0 Å². The Labute approximate surface area is 179 Å². The van der Waals surface area contributed by atoms with Crippen molar-refractivity contribution in [1.29, 1.82) is 0 Å². The van der Waals surface area contributed by atoms with Gasteiger partial charge in [-0.15, -0.1) is 0 Å². The van der Waals surface area contributed by atoms with Gasteiger partial charge in [0.25, 0.3) is 0 Å². The van der Waals surface area contributed by atoms with Crippen LogP contribution in [0.25, 0.3) is 10.9 Å². The van der Waals surface area contributed by atoms with Crippen LogP contribution in [-0.4, -0.2) is 23.9 Å². The van der Waals surface area contributed by atoms with Crippen LogP contribution in [0.5, 0.6) is 0 Å². The van der Waals surface area contributed by atoms with E-state index in [0.29, 0.717) is 16.7 Å². The Bertz CT molecular complexity index is 1380. The predicted molar refractivity (Wildman–Crippen MR) is 117 cm³/mol. The third-order valence-corrected chi connectivity index (χ3v) is 6.66. The van der Waals surface area contributed by atoms with Crippen molar-refractivity contribution in [2.24, 2.45) is 0 Å². The molecule has 0 aliphatic heterocycles. The molecule has 0 saturated carbocycles. The number of aryl methyl sites for hydroxylation is 1. The van der Waals surface area contributed by atoms with Crippen molar-refractivity contribution in [3.8, 4) is 0 Å². The first-order chi connectivity index (χ1) is 14.8. The number of pyridine rings is 1. The molecule has 0 fully saturated rings. The van der Waals surface area contributed by atoms with Crippen molar-refractivity contribution in [3.05, 3.63) is 90.0 Å². The average molecular weight is 437 g/mol. The molecule has 1 N–H and O–H groups in total. The molecule has 0 saturated heterocycles. The quantitative estimate of drug-likeness (QED) is 0.493. The third-order valence-electron chi connectivity index (χ3n) is 4.97. The number of halogens is 1. The van der Waals surface area contributed by atoms with E-state index in [9.17, 15) is 17.6 Å². The van der Waals surface area contributed by atoms with Crippen LogP contribution < -0.4 is 5.32 Å². The number of hydrogen-bond donors (Lipinski definition) is 1. The largest absolute Gasteiger partial charge is 0.337 e. The molecule has 0 unspecified atom stereocenters. The highest BCUT2D eigenvalue weighted by Crippen LogP contribution is 2.28. The van der Waals surface area contributed by atoms with E-state index in [1.165, 1.54) is 24.4 Å². The molecule has 8 heteroatoms. The number of hydrogen-bond acceptors (Lipinski definition) is 4. The number of sulfone groups is 1. The molecule has 2 heterocycles. The number of nitrogens with one attached hydrogen (secondary N) is 1. The normalized spacial score (nSPS) is 11.5. The van der Waals surface area contributed by atoms with Gasteiger partial charge in [0, 0.05) is 28.9 Å². The number of rotatable bonds is 6. The Balaban J connectivity index is 1.67. The van der Waals surface area contributed by atoms with Gasteiger partial charge in [-0.1, -0.05) is 42.5 Å². The molecule has 31 heavy (non-hydrogen) atoms. The van der Waals surface area contributed by atoms with Crippen molar-refractivity contribution in [2.45, 2.75) is 24.1 Å². The summed E-state index contributed by atoms with van der Waals surface area (Å²) in [5.41, 5.74) is 1.52. The predicted octanol–water partition coefficient (Wildman–Crippen LogP) is 4.10. The summed E-state index contributed by atoms with van der Waals surface area (Å²) in [5, 5.41) is 3.24. The summed E-state index contributed by atoms with van der Waals surface area (Å²) < 4.78 is 41.8. The van der Waals surface area contributed by atoms with E-state index in [4.69, 9.17) is 0 Å². The minimum Gasteiger partial charge on any atom is -0.337 e. The second-order valence-corrected chi connectivity index (χ2v) is 9.16. The van der Waals surface area contributed by atoms with E-state index in [2.05, 4.69) is 10.3 Å². The Hall–Kier alpha value is -3.52. The van der Waals surface area contributed by atoms with Crippen LogP contribution in [0.2, 0.25) is 0 Å². The number of anilines is 1. The van der Waals surface area contributed by atoms with Crippen LogP contribution >= 0.6 is 0 Å². The van der Waals surface area contributed by atoms with Gasteiger partial charge in [-0.3, -0.25) is 4.79 Å². The molecule has 0 spiro atoms. The zero-order valence-electron chi connectivity index (χ0n) is 16.7. The van der Waals surface area contributed by atoms with Gasteiger partial charge in [0.2, 0.25) is 5.91 Å². The highest BCUT2D eigenvalue weighted by molar-refractivity contribution is 7.90. The molecule has 0 aliphatic carbocycles. The van der Waals surface area contributed by atoms with Crippen LogP contribution in [0, 0.1) is 12.7 Å². The van der Waals surface area contributed by atoms with E-state index in [1.54, 1.807) is 47.2 Å². The molecule has 0 aliphatic rings. The van der Waals surface area contributed by atoms with Crippen LogP contribution in [0.4, 0.5) is 10.2 Å². The lowest BCUT2D eigenvalue weighted by Crippen LogP contribution is -2.19.